The second-order valence-corrected chi connectivity index (χ2v) is 9.98. The van der Waals surface area contributed by atoms with E-state index in [9.17, 15) is 0 Å². The fourth-order valence-corrected chi connectivity index (χ4v) is 3.83. The summed E-state index contributed by atoms with van der Waals surface area (Å²) < 4.78 is 0. The van der Waals surface area contributed by atoms with Gasteiger partial charge in [-0.05, 0) is 0 Å². The van der Waals surface area contributed by atoms with Crippen LogP contribution in [0.1, 0.15) is 12.8 Å². The maximum absolute atomic E-state index is 3.43. The Hall–Kier alpha value is 0.640. The molecular formula is C13H17Cl2SiZr. The van der Waals surface area contributed by atoms with Crippen molar-refractivity contribution >= 4 is 8.07 Å². The Labute approximate surface area is 137 Å². The van der Waals surface area contributed by atoms with Gasteiger partial charge in [0.1, 0.15) is 0 Å². The molecule has 0 saturated heterocycles. The standard InChI is InChI=1S/C13H17Si.2ClH.Zr/c1-14(2,3)13-10-6-9-12(13)11-7-4-5-8-11;;;/h4,6-7,10H,5,9H2,1-3H3;2*1H;/q-1;;;+3/p-2. The number of rotatable bonds is 2. The molecule has 0 N–H and O–H groups in total. The summed E-state index contributed by atoms with van der Waals surface area (Å²) in [5.41, 5.74) is 2.89. The van der Waals surface area contributed by atoms with Crippen molar-refractivity contribution in [1.82, 2.24) is 0 Å². The molecule has 91 valence electrons. The molecule has 0 aromatic rings. The third kappa shape index (κ3) is 4.67. The molecule has 0 bridgehead atoms. The van der Waals surface area contributed by atoms with E-state index in [0.29, 0.717) is 0 Å². The zero-order valence-electron chi connectivity index (χ0n) is 10.5. The van der Waals surface area contributed by atoms with Crippen LogP contribution in [0.4, 0.5) is 0 Å². The van der Waals surface area contributed by atoms with Gasteiger partial charge in [0.05, 0.1) is 8.07 Å². The van der Waals surface area contributed by atoms with Crippen LogP contribution >= 0.6 is 0 Å². The van der Waals surface area contributed by atoms with E-state index in [1.165, 1.54) is 11.1 Å². The average molecular weight is 363 g/mol. The van der Waals surface area contributed by atoms with E-state index in [2.05, 4.69) is 50.0 Å². The largest absolute Gasteiger partial charge is 3.00 e. The molecule has 0 aliphatic heterocycles. The molecule has 17 heavy (non-hydrogen) atoms. The van der Waals surface area contributed by atoms with E-state index in [1.54, 1.807) is 5.20 Å². The minimum atomic E-state index is -1.16. The first kappa shape index (κ1) is 20.0. The first-order valence-electron chi connectivity index (χ1n) is 5.27. The summed E-state index contributed by atoms with van der Waals surface area (Å²) in [6.45, 7) is 7.24. The van der Waals surface area contributed by atoms with Crippen molar-refractivity contribution in [3.05, 3.63) is 46.7 Å². The molecule has 0 saturated carbocycles. The van der Waals surface area contributed by atoms with Crippen LogP contribution in [0.5, 0.6) is 0 Å². The van der Waals surface area contributed by atoms with Crippen LogP contribution in [0, 0.1) is 6.08 Å². The maximum atomic E-state index is 3.43. The zero-order chi connectivity index (χ0) is 10.2. The molecule has 0 fully saturated rings. The monoisotopic (exact) mass is 361 g/mol. The van der Waals surface area contributed by atoms with Crippen molar-refractivity contribution in [3.8, 4) is 0 Å². The van der Waals surface area contributed by atoms with Crippen molar-refractivity contribution < 1.29 is 51.0 Å². The Morgan fingerprint density at radius 1 is 1.06 bits per heavy atom. The van der Waals surface area contributed by atoms with Crippen LogP contribution in [-0.2, 0) is 26.2 Å². The fourth-order valence-electron chi connectivity index (χ4n) is 2.07. The van der Waals surface area contributed by atoms with Gasteiger partial charge >= 0.3 is 26.2 Å². The molecule has 0 aromatic carbocycles. The SMILES string of the molecule is C[Si](C)(C)C1=C(C2=[C-]CC=C2)CC=C1.[Cl-].[Cl-].[Zr+3]. The normalized spacial score (nSPS) is 17.2. The van der Waals surface area contributed by atoms with Gasteiger partial charge in [0.15, 0.2) is 0 Å². The Balaban J connectivity index is 0. The molecule has 2 aliphatic carbocycles. The van der Waals surface area contributed by atoms with E-state index in [1.807, 2.05) is 0 Å². The fraction of sp³-hybridized carbons (Fsp3) is 0.385. The van der Waals surface area contributed by atoms with E-state index in [0.717, 1.165) is 12.8 Å². The Bertz CT molecular complexity index is 373. The minimum Gasteiger partial charge on any atom is -1.00 e. The van der Waals surface area contributed by atoms with Crippen LogP contribution in [0.2, 0.25) is 19.6 Å². The van der Waals surface area contributed by atoms with Gasteiger partial charge in [-0.15, -0.1) is 16.8 Å². The van der Waals surface area contributed by atoms with Crippen LogP contribution in [-0.4, -0.2) is 8.07 Å². The van der Waals surface area contributed by atoms with E-state index < -0.39 is 8.07 Å². The molecule has 2 aliphatic rings. The van der Waals surface area contributed by atoms with Gasteiger partial charge in [0, 0.05) is 0 Å². The molecule has 0 atom stereocenters. The van der Waals surface area contributed by atoms with Gasteiger partial charge in [-0.2, -0.15) is 17.7 Å². The second-order valence-electron chi connectivity index (χ2n) is 4.95. The van der Waals surface area contributed by atoms with Gasteiger partial charge in [-0.3, -0.25) is 0 Å². The van der Waals surface area contributed by atoms with Crippen molar-refractivity contribution in [3.63, 3.8) is 0 Å². The summed E-state index contributed by atoms with van der Waals surface area (Å²) in [5.74, 6) is 0. The van der Waals surface area contributed by atoms with E-state index in [4.69, 9.17) is 0 Å². The molecule has 2 rings (SSSR count). The Morgan fingerprint density at radius 2 is 1.71 bits per heavy atom. The van der Waals surface area contributed by atoms with Gasteiger partial charge in [0.25, 0.3) is 0 Å². The minimum absolute atomic E-state index is 0. The van der Waals surface area contributed by atoms with Crippen molar-refractivity contribution in [2.75, 3.05) is 0 Å². The quantitative estimate of drug-likeness (QED) is 0.387. The van der Waals surface area contributed by atoms with E-state index >= 15 is 0 Å². The summed E-state index contributed by atoms with van der Waals surface area (Å²) >= 11 is 0. The Kier molecular flexibility index (Phi) is 9.33. The molecule has 4 heteroatoms. The number of halogens is 2. The number of hydrogen-bond donors (Lipinski definition) is 0. The van der Waals surface area contributed by atoms with Crippen LogP contribution in [0.25, 0.3) is 0 Å². The first-order chi connectivity index (χ1) is 6.59. The molecule has 0 heterocycles. The van der Waals surface area contributed by atoms with Gasteiger partial charge in [0.2, 0.25) is 0 Å². The molecule has 0 nitrogen and oxygen atoms in total. The smallest absolute Gasteiger partial charge is 1.00 e. The maximum Gasteiger partial charge on any atom is 3.00 e. The molecule has 0 aromatic heterocycles. The topological polar surface area (TPSA) is 0 Å². The summed E-state index contributed by atoms with van der Waals surface area (Å²) in [4.78, 5) is 0. The number of allylic oxidation sites excluding steroid dienone is 8. The molecule has 0 unspecified atom stereocenters. The molecule has 1 radical (unpaired) electrons. The predicted molar refractivity (Wildman–Crippen MR) is 64.6 cm³/mol. The summed E-state index contributed by atoms with van der Waals surface area (Å²) in [6.07, 6.45) is 14.6. The summed E-state index contributed by atoms with van der Waals surface area (Å²) in [7, 11) is -1.16. The van der Waals surface area contributed by atoms with Crippen LogP contribution in [0.15, 0.2) is 40.6 Å². The summed E-state index contributed by atoms with van der Waals surface area (Å²) in [5, 5.41) is 1.62. The number of hydrogen-bond acceptors (Lipinski definition) is 0. The van der Waals surface area contributed by atoms with E-state index in [-0.39, 0.29) is 51.0 Å². The molecule has 0 spiro atoms. The van der Waals surface area contributed by atoms with Gasteiger partial charge in [-0.25, -0.2) is 0 Å². The van der Waals surface area contributed by atoms with Crippen molar-refractivity contribution in [2.45, 2.75) is 32.5 Å². The van der Waals surface area contributed by atoms with Crippen molar-refractivity contribution in [1.29, 1.82) is 0 Å². The predicted octanol–water partition coefficient (Wildman–Crippen LogP) is -2.18. The second kappa shape index (κ2) is 7.94. The molecule has 0 amide bonds. The average Bonchev–Trinajstić information content (AvgIpc) is 2.73. The van der Waals surface area contributed by atoms with Gasteiger partial charge < -0.3 is 24.8 Å². The third-order valence-electron chi connectivity index (χ3n) is 2.76. The third-order valence-corrected chi connectivity index (χ3v) is 4.84. The van der Waals surface area contributed by atoms with Crippen LogP contribution in [0.3, 0.4) is 0 Å². The van der Waals surface area contributed by atoms with Crippen LogP contribution < -0.4 is 24.8 Å². The zero-order valence-corrected chi connectivity index (χ0v) is 15.4. The first-order valence-corrected chi connectivity index (χ1v) is 8.77. The molecular weight excluding hydrogens is 346 g/mol. The van der Waals surface area contributed by atoms with Crippen molar-refractivity contribution in [2.24, 2.45) is 0 Å². The summed E-state index contributed by atoms with van der Waals surface area (Å²) in [6, 6.07) is 0. The van der Waals surface area contributed by atoms with Gasteiger partial charge in [-0.1, -0.05) is 44.6 Å². The Morgan fingerprint density at radius 3 is 2.18 bits per heavy atom.